The molecule has 1 unspecified atom stereocenters. The first-order valence-electron chi connectivity index (χ1n) is 7.66. The van der Waals surface area contributed by atoms with Gasteiger partial charge in [-0.3, -0.25) is 0 Å². The van der Waals surface area contributed by atoms with Gasteiger partial charge >= 0.3 is 0 Å². The Hall–Kier alpha value is -1.62. The third kappa shape index (κ3) is 2.62. The first-order chi connectivity index (χ1) is 9.83. The Morgan fingerprint density at radius 2 is 2.05 bits per heavy atom. The van der Waals surface area contributed by atoms with Crippen molar-refractivity contribution in [1.29, 1.82) is 0 Å². The number of nitrogens with two attached hydrogens (primary N) is 1. The number of hydrogen-bond donors (Lipinski definition) is 2. The Bertz CT molecular complexity index is 650. The summed E-state index contributed by atoms with van der Waals surface area (Å²) < 4.78 is 1.90. The Morgan fingerprint density at radius 1 is 1.33 bits per heavy atom. The molecule has 0 aromatic carbocycles. The first kappa shape index (κ1) is 14.3. The van der Waals surface area contributed by atoms with Crippen molar-refractivity contribution in [2.45, 2.75) is 51.5 Å². The van der Waals surface area contributed by atoms with E-state index in [0.717, 1.165) is 17.0 Å². The molecule has 0 saturated heterocycles. The molecule has 1 saturated carbocycles. The fraction of sp³-hybridized carbons (Fsp3) is 0.625. The van der Waals surface area contributed by atoms with Crippen LogP contribution in [0.3, 0.4) is 0 Å². The number of aromatic nitrogens is 3. The predicted molar refractivity (Wildman–Crippen MR) is 85.5 cm³/mol. The number of hydrogen-bond acceptors (Lipinski definition) is 4. The van der Waals surface area contributed by atoms with Crippen molar-refractivity contribution in [2.75, 3.05) is 11.9 Å². The van der Waals surface area contributed by atoms with Gasteiger partial charge in [0.15, 0.2) is 5.82 Å². The lowest BCUT2D eigenvalue weighted by Gasteiger charge is -2.30. The van der Waals surface area contributed by atoms with Crippen LogP contribution in [0.1, 0.15) is 46.2 Å². The van der Waals surface area contributed by atoms with E-state index < -0.39 is 0 Å². The average Bonchev–Trinajstić information content (AvgIpc) is 3.17. The van der Waals surface area contributed by atoms with Gasteiger partial charge in [0.05, 0.1) is 11.2 Å². The molecule has 1 atom stereocenters. The largest absolute Gasteiger partial charge is 0.362 e. The molecule has 0 bridgehead atoms. The lowest BCUT2D eigenvalue weighted by atomic mass is 9.92. The zero-order chi connectivity index (χ0) is 15.3. The van der Waals surface area contributed by atoms with E-state index >= 15 is 0 Å². The van der Waals surface area contributed by atoms with Gasteiger partial charge in [-0.2, -0.15) is 5.10 Å². The van der Waals surface area contributed by atoms with Gasteiger partial charge in [0.2, 0.25) is 0 Å². The second kappa shape index (κ2) is 4.70. The molecule has 1 fully saturated rings. The Morgan fingerprint density at radius 3 is 2.62 bits per heavy atom. The van der Waals surface area contributed by atoms with Crippen LogP contribution in [0, 0.1) is 5.92 Å². The normalized spacial score (nSPS) is 18.7. The molecule has 21 heavy (non-hydrogen) atoms. The van der Waals surface area contributed by atoms with Crippen molar-refractivity contribution in [3.63, 3.8) is 0 Å². The topological polar surface area (TPSA) is 68.2 Å². The molecule has 2 heterocycles. The third-order valence-electron chi connectivity index (χ3n) is 4.46. The van der Waals surface area contributed by atoms with E-state index in [9.17, 15) is 0 Å². The van der Waals surface area contributed by atoms with Gasteiger partial charge < -0.3 is 11.1 Å². The molecule has 0 aliphatic heterocycles. The van der Waals surface area contributed by atoms with Crippen molar-refractivity contribution in [2.24, 2.45) is 11.7 Å². The second-order valence-electron chi connectivity index (χ2n) is 7.41. The molecule has 0 spiro atoms. The number of nitrogens with one attached hydrogen (secondary N) is 1. The maximum absolute atomic E-state index is 6.00. The van der Waals surface area contributed by atoms with Crippen LogP contribution < -0.4 is 11.1 Å². The van der Waals surface area contributed by atoms with Crippen molar-refractivity contribution >= 4 is 11.3 Å². The molecule has 1 aliphatic carbocycles. The van der Waals surface area contributed by atoms with E-state index in [1.165, 1.54) is 12.8 Å². The Balaban J connectivity index is 2.00. The summed E-state index contributed by atoms with van der Waals surface area (Å²) in [5, 5.41) is 8.24. The molecule has 5 heteroatoms. The zero-order valence-corrected chi connectivity index (χ0v) is 13.3. The second-order valence-corrected chi connectivity index (χ2v) is 7.41. The van der Waals surface area contributed by atoms with Gasteiger partial charge in [-0.25, -0.2) is 9.50 Å². The van der Waals surface area contributed by atoms with Crippen LogP contribution in [0.5, 0.6) is 0 Å². The smallest absolute Gasteiger partial charge is 0.152 e. The highest BCUT2D eigenvalue weighted by atomic mass is 15.2. The van der Waals surface area contributed by atoms with E-state index in [1.807, 2.05) is 10.7 Å². The highest BCUT2D eigenvalue weighted by molar-refractivity contribution is 5.69. The minimum absolute atomic E-state index is 0.0248. The van der Waals surface area contributed by atoms with Gasteiger partial charge in [0, 0.05) is 24.4 Å². The van der Waals surface area contributed by atoms with Gasteiger partial charge in [0.1, 0.15) is 5.52 Å². The van der Waals surface area contributed by atoms with Crippen LogP contribution in [0.25, 0.3) is 5.52 Å². The third-order valence-corrected chi connectivity index (χ3v) is 4.46. The monoisotopic (exact) mass is 287 g/mol. The Labute approximate surface area is 125 Å². The minimum atomic E-state index is -0.0823. The predicted octanol–water partition coefficient (Wildman–Crippen LogP) is 2.57. The van der Waals surface area contributed by atoms with Gasteiger partial charge in [0.25, 0.3) is 0 Å². The molecule has 1 aliphatic rings. The van der Waals surface area contributed by atoms with E-state index in [2.05, 4.69) is 49.2 Å². The van der Waals surface area contributed by atoms with Crippen molar-refractivity contribution < 1.29 is 0 Å². The molecule has 0 amide bonds. The van der Waals surface area contributed by atoms with E-state index in [1.54, 1.807) is 6.20 Å². The molecular weight excluding hydrogens is 262 g/mol. The fourth-order valence-electron chi connectivity index (χ4n) is 2.70. The SMILES string of the molecule is CC(C)(C)c1cc2c(NC(C)(CN)C3CC3)nccn2n1. The molecule has 2 aromatic heterocycles. The van der Waals surface area contributed by atoms with Crippen LogP contribution in [-0.2, 0) is 5.41 Å². The summed E-state index contributed by atoms with van der Waals surface area (Å²) in [6.07, 6.45) is 6.18. The summed E-state index contributed by atoms with van der Waals surface area (Å²) in [7, 11) is 0. The number of rotatable bonds is 4. The molecule has 114 valence electrons. The van der Waals surface area contributed by atoms with Crippen LogP contribution in [0.15, 0.2) is 18.5 Å². The van der Waals surface area contributed by atoms with Crippen LogP contribution >= 0.6 is 0 Å². The van der Waals surface area contributed by atoms with Gasteiger partial charge in [-0.15, -0.1) is 0 Å². The standard InChI is InChI=1S/C16H25N5/c1-15(2,3)13-9-12-14(18-7-8-21(12)20-13)19-16(4,10-17)11-5-6-11/h7-9,11H,5-6,10,17H2,1-4H3,(H,18,19). The summed E-state index contributed by atoms with van der Waals surface area (Å²) in [6, 6.07) is 2.12. The molecular formula is C16H25N5. The van der Waals surface area contributed by atoms with Crippen LogP contribution in [-0.4, -0.2) is 26.7 Å². The summed E-state index contributed by atoms with van der Waals surface area (Å²) in [5.41, 5.74) is 8.03. The lowest BCUT2D eigenvalue weighted by Crippen LogP contribution is -2.45. The van der Waals surface area contributed by atoms with Crippen molar-refractivity contribution in [3.05, 3.63) is 24.2 Å². The van der Waals surface area contributed by atoms with Gasteiger partial charge in [-0.1, -0.05) is 20.8 Å². The molecule has 3 N–H and O–H groups in total. The Kier molecular flexibility index (Phi) is 3.20. The minimum Gasteiger partial charge on any atom is -0.362 e. The number of fused-ring (bicyclic) bond motifs is 1. The number of anilines is 1. The lowest BCUT2D eigenvalue weighted by molar-refractivity contribution is 0.458. The summed E-state index contributed by atoms with van der Waals surface area (Å²) in [4.78, 5) is 4.52. The molecule has 2 aromatic rings. The molecule has 3 rings (SSSR count). The van der Waals surface area contributed by atoms with Crippen molar-refractivity contribution in [1.82, 2.24) is 14.6 Å². The fourth-order valence-corrected chi connectivity index (χ4v) is 2.70. The zero-order valence-electron chi connectivity index (χ0n) is 13.3. The van der Waals surface area contributed by atoms with Crippen molar-refractivity contribution in [3.8, 4) is 0 Å². The average molecular weight is 287 g/mol. The van der Waals surface area contributed by atoms with Crippen LogP contribution in [0.2, 0.25) is 0 Å². The van der Waals surface area contributed by atoms with Gasteiger partial charge in [-0.05, 0) is 31.7 Å². The van der Waals surface area contributed by atoms with E-state index in [-0.39, 0.29) is 11.0 Å². The summed E-state index contributed by atoms with van der Waals surface area (Å²) >= 11 is 0. The van der Waals surface area contributed by atoms with Crippen LogP contribution in [0.4, 0.5) is 5.82 Å². The highest BCUT2D eigenvalue weighted by Crippen LogP contribution is 2.41. The number of nitrogens with zero attached hydrogens (tertiary/aromatic N) is 3. The first-order valence-corrected chi connectivity index (χ1v) is 7.66. The summed E-state index contributed by atoms with van der Waals surface area (Å²) in [6.45, 7) is 9.31. The highest BCUT2D eigenvalue weighted by Gasteiger charge is 2.41. The maximum atomic E-state index is 6.00. The molecule has 0 radical (unpaired) electrons. The quantitative estimate of drug-likeness (QED) is 0.907. The molecule has 5 nitrogen and oxygen atoms in total. The maximum Gasteiger partial charge on any atom is 0.152 e. The van der Waals surface area contributed by atoms with E-state index in [0.29, 0.717) is 12.5 Å². The summed E-state index contributed by atoms with van der Waals surface area (Å²) in [5.74, 6) is 1.52. The van der Waals surface area contributed by atoms with E-state index in [4.69, 9.17) is 5.73 Å².